The average Bonchev–Trinajstić information content (AvgIpc) is 2.45. The number of primary amides is 2. The van der Waals surface area contributed by atoms with Crippen LogP contribution in [0.3, 0.4) is 0 Å². The number of nitrogen functional groups attached to an aromatic ring is 1. The number of nitrogens with zero attached hydrogens (tertiary/aromatic N) is 2. The van der Waals surface area contributed by atoms with Gasteiger partial charge in [0.25, 0.3) is 5.91 Å². The topological polar surface area (TPSA) is 147 Å². The Morgan fingerprint density at radius 1 is 1.18 bits per heavy atom. The highest BCUT2D eigenvalue weighted by molar-refractivity contribution is 6.33. The number of carbonyl (C=O) groups excluding carboxylic acids is 2. The van der Waals surface area contributed by atoms with Crippen molar-refractivity contribution < 1.29 is 14.3 Å². The number of benzene rings is 1. The maximum Gasteiger partial charge on any atom is 0.255 e. The van der Waals surface area contributed by atoms with E-state index in [2.05, 4.69) is 9.97 Å². The van der Waals surface area contributed by atoms with E-state index in [4.69, 9.17) is 33.5 Å². The smallest absolute Gasteiger partial charge is 0.255 e. The van der Waals surface area contributed by atoms with Crippen LogP contribution < -0.4 is 21.9 Å². The molecule has 0 saturated heterocycles. The number of carbonyl (C=O) groups is 2. The zero-order chi connectivity index (χ0) is 16.4. The van der Waals surface area contributed by atoms with E-state index >= 15 is 0 Å². The van der Waals surface area contributed by atoms with Gasteiger partial charge in [-0.05, 0) is 18.2 Å². The number of halogens is 1. The number of rotatable bonds is 4. The number of nitrogens with two attached hydrogens (primary N) is 3. The fraction of sp³-hybridized carbons (Fsp3) is 0.0769. The van der Waals surface area contributed by atoms with Crippen LogP contribution in [0.2, 0.25) is 5.15 Å². The molecule has 1 heterocycles. The normalized spacial score (nSPS) is 10.3. The third kappa shape index (κ3) is 2.77. The third-order valence-corrected chi connectivity index (χ3v) is 3.14. The first kappa shape index (κ1) is 15.5. The first-order chi connectivity index (χ1) is 10.3. The summed E-state index contributed by atoms with van der Waals surface area (Å²) in [6.07, 6.45) is 0. The predicted molar refractivity (Wildman–Crippen MR) is 80.5 cm³/mol. The summed E-state index contributed by atoms with van der Waals surface area (Å²) in [6, 6.07) is 4.47. The van der Waals surface area contributed by atoms with Crippen molar-refractivity contribution in [2.24, 2.45) is 11.5 Å². The molecule has 0 spiro atoms. The molecule has 0 radical (unpaired) electrons. The first-order valence-corrected chi connectivity index (χ1v) is 6.34. The molecule has 0 aliphatic carbocycles. The lowest BCUT2D eigenvalue weighted by molar-refractivity contribution is 0.0992. The summed E-state index contributed by atoms with van der Waals surface area (Å²) in [5.41, 5.74) is 16.5. The van der Waals surface area contributed by atoms with Gasteiger partial charge in [-0.3, -0.25) is 9.59 Å². The Morgan fingerprint density at radius 2 is 1.86 bits per heavy atom. The highest BCUT2D eigenvalue weighted by Gasteiger charge is 2.19. The summed E-state index contributed by atoms with van der Waals surface area (Å²) in [5, 5.41) is -0.193. The summed E-state index contributed by atoms with van der Waals surface area (Å²) in [4.78, 5) is 30.5. The highest BCUT2D eigenvalue weighted by atomic mass is 35.5. The second kappa shape index (κ2) is 5.86. The second-order valence-electron chi connectivity index (χ2n) is 4.24. The van der Waals surface area contributed by atoms with Gasteiger partial charge in [0.15, 0.2) is 5.82 Å². The number of hydrogen-bond donors (Lipinski definition) is 3. The molecule has 0 aliphatic heterocycles. The molecule has 0 saturated carbocycles. The molecule has 2 amide bonds. The van der Waals surface area contributed by atoms with Gasteiger partial charge in [-0.15, -0.1) is 0 Å². The molecule has 0 unspecified atom stereocenters. The molecule has 0 bridgehead atoms. The van der Waals surface area contributed by atoms with Crippen molar-refractivity contribution in [3.8, 4) is 17.1 Å². The van der Waals surface area contributed by atoms with Crippen molar-refractivity contribution >= 4 is 29.2 Å². The van der Waals surface area contributed by atoms with Gasteiger partial charge in [-0.1, -0.05) is 11.6 Å². The molecule has 2 aromatic rings. The molecule has 6 N–H and O–H groups in total. The van der Waals surface area contributed by atoms with Gasteiger partial charge < -0.3 is 21.9 Å². The van der Waals surface area contributed by atoms with Crippen LogP contribution >= 0.6 is 11.6 Å². The maximum atomic E-state index is 11.3. The molecule has 1 aromatic carbocycles. The molecular formula is C13H12ClN5O3. The van der Waals surface area contributed by atoms with E-state index in [1.165, 1.54) is 25.3 Å². The Morgan fingerprint density at radius 3 is 2.36 bits per heavy atom. The van der Waals surface area contributed by atoms with Gasteiger partial charge in [-0.25, -0.2) is 9.97 Å². The molecule has 8 nitrogen and oxygen atoms in total. The van der Waals surface area contributed by atoms with Crippen molar-refractivity contribution in [2.45, 2.75) is 0 Å². The van der Waals surface area contributed by atoms with Crippen molar-refractivity contribution in [3.05, 3.63) is 34.5 Å². The molecular weight excluding hydrogens is 310 g/mol. The molecule has 114 valence electrons. The molecule has 1 aromatic heterocycles. The monoisotopic (exact) mass is 321 g/mol. The minimum absolute atomic E-state index is 0.0763. The lowest BCUT2D eigenvalue weighted by atomic mass is 10.1. The molecule has 0 aliphatic rings. The maximum absolute atomic E-state index is 11.3. The fourth-order valence-corrected chi connectivity index (χ4v) is 2.10. The lowest BCUT2D eigenvalue weighted by Gasteiger charge is -2.11. The summed E-state index contributed by atoms with van der Waals surface area (Å²) < 4.78 is 5.18. The van der Waals surface area contributed by atoms with Gasteiger partial charge in [0.1, 0.15) is 22.3 Å². The molecule has 0 atom stereocenters. The van der Waals surface area contributed by atoms with Crippen LogP contribution in [0.5, 0.6) is 5.75 Å². The minimum atomic E-state index is -0.841. The van der Waals surface area contributed by atoms with Gasteiger partial charge in [-0.2, -0.15) is 0 Å². The van der Waals surface area contributed by atoms with Gasteiger partial charge >= 0.3 is 0 Å². The van der Waals surface area contributed by atoms with Crippen molar-refractivity contribution in [1.29, 1.82) is 0 Å². The third-order valence-electron chi connectivity index (χ3n) is 2.86. The van der Waals surface area contributed by atoms with Crippen molar-refractivity contribution in [3.63, 3.8) is 0 Å². The first-order valence-electron chi connectivity index (χ1n) is 5.96. The Bertz CT molecular complexity index is 755. The molecule has 0 fully saturated rings. The quantitative estimate of drug-likeness (QED) is 0.702. The lowest BCUT2D eigenvalue weighted by Crippen LogP contribution is -2.16. The van der Waals surface area contributed by atoms with E-state index in [1.807, 2.05) is 0 Å². The number of anilines is 1. The SMILES string of the molecule is COc1ccc(C(N)=O)cc1-c1nc(N)c(C(N)=O)c(Cl)n1. The second-order valence-corrected chi connectivity index (χ2v) is 4.60. The van der Waals surface area contributed by atoms with Crippen LogP contribution in [0.1, 0.15) is 20.7 Å². The van der Waals surface area contributed by atoms with Gasteiger partial charge in [0.05, 0.1) is 12.7 Å². The summed E-state index contributed by atoms with van der Waals surface area (Å²) in [7, 11) is 1.44. The van der Waals surface area contributed by atoms with Gasteiger partial charge in [0.2, 0.25) is 5.91 Å². The van der Waals surface area contributed by atoms with Gasteiger partial charge in [0, 0.05) is 5.56 Å². The summed E-state index contributed by atoms with van der Waals surface area (Å²) >= 11 is 5.91. The van der Waals surface area contributed by atoms with E-state index in [9.17, 15) is 9.59 Å². The Labute approximate surface area is 130 Å². The number of hydrogen-bond acceptors (Lipinski definition) is 6. The zero-order valence-electron chi connectivity index (χ0n) is 11.5. The molecule has 9 heteroatoms. The standard InChI is InChI=1S/C13H12ClN5O3/c1-22-7-3-2-5(11(16)20)4-6(7)13-18-9(14)8(12(17)21)10(15)19-13/h2-4H,1H3,(H2,16,20)(H2,17,21)(H2,15,18,19). The highest BCUT2D eigenvalue weighted by Crippen LogP contribution is 2.31. The Balaban J connectivity index is 2.68. The number of aromatic nitrogens is 2. The van der Waals surface area contributed by atoms with Crippen LogP contribution in [-0.4, -0.2) is 28.9 Å². The van der Waals surface area contributed by atoms with E-state index in [1.54, 1.807) is 0 Å². The minimum Gasteiger partial charge on any atom is -0.496 e. The van der Waals surface area contributed by atoms with Crippen LogP contribution in [0.25, 0.3) is 11.4 Å². The van der Waals surface area contributed by atoms with E-state index in [0.717, 1.165) is 0 Å². The largest absolute Gasteiger partial charge is 0.496 e. The Hall–Kier alpha value is -2.87. The average molecular weight is 322 g/mol. The van der Waals surface area contributed by atoms with E-state index in [0.29, 0.717) is 11.3 Å². The number of ether oxygens (including phenoxy) is 1. The number of methoxy groups -OCH3 is 1. The van der Waals surface area contributed by atoms with Crippen LogP contribution in [0.4, 0.5) is 5.82 Å². The predicted octanol–water partition coefficient (Wildman–Crippen LogP) is 0.586. The summed E-state index contributed by atoms with van der Waals surface area (Å²) in [6.45, 7) is 0. The molecule has 2 rings (SSSR count). The van der Waals surface area contributed by atoms with Crippen molar-refractivity contribution in [1.82, 2.24) is 9.97 Å². The van der Waals surface area contributed by atoms with Crippen LogP contribution in [0, 0.1) is 0 Å². The molecule has 22 heavy (non-hydrogen) atoms. The van der Waals surface area contributed by atoms with Crippen LogP contribution in [0.15, 0.2) is 18.2 Å². The number of amides is 2. The zero-order valence-corrected chi connectivity index (χ0v) is 12.2. The van der Waals surface area contributed by atoms with Crippen molar-refractivity contribution in [2.75, 3.05) is 12.8 Å². The van der Waals surface area contributed by atoms with Crippen LogP contribution in [-0.2, 0) is 0 Å². The Kier molecular flexibility index (Phi) is 4.13. The fourth-order valence-electron chi connectivity index (χ4n) is 1.83. The van der Waals surface area contributed by atoms with E-state index < -0.39 is 11.8 Å². The summed E-state index contributed by atoms with van der Waals surface area (Å²) in [5.74, 6) is -1.18. The van der Waals surface area contributed by atoms with E-state index in [-0.39, 0.29) is 27.9 Å².